The van der Waals surface area contributed by atoms with Gasteiger partial charge in [-0.05, 0) is 68.4 Å². The zero-order valence-electron chi connectivity index (χ0n) is 23.2. The second-order valence-corrected chi connectivity index (χ2v) is 11.7. The van der Waals surface area contributed by atoms with Gasteiger partial charge in [-0.15, -0.1) is 11.3 Å². The van der Waals surface area contributed by atoms with Crippen LogP contribution in [0.4, 0.5) is 5.69 Å². The quantitative estimate of drug-likeness (QED) is 0.142. The number of unbranched alkanes of at least 4 members (excludes halogenated alkanes) is 3. The molecule has 2 aromatic rings. The molecule has 0 aliphatic carbocycles. The van der Waals surface area contributed by atoms with E-state index in [2.05, 4.69) is 31.2 Å². The van der Waals surface area contributed by atoms with Crippen LogP contribution in [0.1, 0.15) is 78.4 Å². The largest absolute Gasteiger partial charge is 0.459 e. The van der Waals surface area contributed by atoms with E-state index in [9.17, 15) is 30.0 Å². The first-order valence-corrected chi connectivity index (χ1v) is 15.1. The highest BCUT2D eigenvalue weighted by Gasteiger charge is 2.32. The van der Waals surface area contributed by atoms with Crippen molar-refractivity contribution in [3.63, 3.8) is 0 Å². The van der Waals surface area contributed by atoms with E-state index in [-0.39, 0.29) is 11.9 Å². The van der Waals surface area contributed by atoms with Gasteiger partial charge in [0.05, 0.1) is 6.61 Å². The van der Waals surface area contributed by atoms with Crippen LogP contribution in [0.25, 0.3) is 0 Å². The van der Waals surface area contributed by atoms with Gasteiger partial charge < -0.3 is 35.2 Å². The number of ether oxygens (including phenoxy) is 1. The van der Waals surface area contributed by atoms with E-state index < -0.39 is 43.6 Å². The molecule has 9 nitrogen and oxygen atoms in total. The maximum Gasteiger partial charge on any atom is 0.348 e. The number of aliphatic hydroxyl groups excluding tert-OH is 5. The highest BCUT2D eigenvalue weighted by Crippen LogP contribution is 2.30. The smallest absolute Gasteiger partial charge is 0.348 e. The number of esters is 1. The van der Waals surface area contributed by atoms with E-state index in [1.165, 1.54) is 42.6 Å². The fourth-order valence-corrected chi connectivity index (χ4v) is 5.92. The predicted molar refractivity (Wildman–Crippen MR) is 153 cm³/mol. The minimum atomic E-state index is -1.79. The van der Waals surface area contributed by atoms with Crippen LogP contribution in [0, 0.1) is 0 Å². The number of aryl methyl sites for hydroxylation is 2. The number of rotatable bonds is 17. The lowest BCUT2D eigenvalue weighted by atomic mass is 10.0. The maximum atomic E-state index is 12.7. The number of amides is 1. The third kappa shape index (κ3) is 9.09. The van der Waals surface area contributed by atoms with Crippen molar-refractivity contribution in [3.8, 4) is 0 Å². The van der Waals surface area contributed by atoms with Gasteiger partial charge in [0, 0.05) is 23.0 Å². The van der Waals surface area contributed by atoms with Crippen molar-refractivity contribution in [1.82, 2.24) is 0 Å². The van der Waals surface area contributed by atoms with Crippen LogP contribution in [0.2, 0.25) is 0 Å². The Bertz CT molecular complexity index is 1060. The first-order chi connectivity index (χ1) is 19.2. The molecule has 0 unspecified atom stereocenters. The van der Waals surface area contributed by atoms with Gasteiger partial charge in [0.15, 0.2) is 0 Å². The van der Waals surface area contributed by atoms with Gasteiger partial charge in [-0.2, -0.15) is 0 Å². The lowest BCUT2D eigenvalue weighted by Crippen LogP contribution is -2.47. The average Bonchev–Trinajstić information content (AvgIpc) is 3.59. The first-order valence-electron chi connectivity index (χ1n) is 14.2. The van der Waals surface area contributed by atoms with Gasteiger partial charge in [-0.1, -0.05) is 38.3 Å². The molecule has 0 saturated carbocycles. The van der Waals surface area contributed by atoms with Gasteiger partial charge in [0.25, 0.3) is 0 Å². The van der Waals surface area contributed by atoms with Gasteiger partial charge in [0.2, 0.25) is 5.91 Å². The molecule has 1 aromatic carbocycles. The molecule has 0 radical (unpaired) electrons. The highest BCUT2D eigenvalue weighted by atomic mass is 32.1. The fourth-order valence-electron chi connectivity index (χ4n) is 4.98. The third-order valence-corrected chi connectivity index (χ3v) is 8.52. The summed E-state index contributed by atoms with van der Waals surface area (Å²) in [7, 11) is 0. The highest BCUT2D eigenvalue weighted by molar-refractivity contribution is 7.13. The number of hydrogen-bond acceptors (Lipinski definition) is 9. The van der Waals surface area contributed by atoms with Gasteiger partial charge in [-0.3, -0.25) is 4.79 Å². The molecule has 10 heteroatoms. The summed E-state index contributed by atoms with van der Waals surface area (Å²) in [5.41, 5.74) is 2.26. The van der Waals surface area contributed by atoms with Crippen LogP contribution in [0.5, 0.6) is 0 Å². The first kappa shape index (κ1) is 32.2. The summed E-state index contributed by atoms with van der Waals surface area (Å²) in [4.78, 5) is 28.3. The number of anilines is 1. The summed E-state index contributed by atoms with van der Waals surface area (Å²) in [5, 5.41) is 47.7. The number of nitrogens with zero attached hydrogens (tertiary/aromatic N) is 1. The molecule has 2 heterocycles. The molecule has 0 spiro atoms. The Labute approximate surface area is 240 Å². The normalized spacial score (nSPS) is 18.5. The molecule has 222 valence electrons. The Morgan fingerprint density at radius 2 is 1.70 bits per heavy atom. The molecular weight excluding hydrogens is 534 g/mol. The molecule has 5 atom stereocenters. The standard InChI is InChI=1S/C30H43NO8S/c1-2-3-4-5-7-20-10-12-22(13-11-20)31-21(14-17-27(31)35)8-6-9-23-15-16-26(40-23)30(38)39-19-25(34)29(37)28(36)24(33)18-32/h10-13,15-16,21,24-25,28-29,32-34,36-37H,2-9,14,17-19H2,1H3/t21-,24-,25-,28-,29-/m0/s1. The summed E-state index contributed by atoms with van der Waals surface area (Å²) in [6.45, 7) is 0.846. The zero-order chi connectivity index (χ0) is 29.1. The predicted octanol–water partition coefficient (Wildman–Crippen LogP) is 2.98. The van der Waals surface area contributed by atoms with Crippen molar-refractivity contribution >= 4 is 28.9 Å². The lowest BCUT2D eigenvalue weighted by Gasteiger charge is -2.25. The Morgan fingerprint density at radius 1 is 0.975 bits per heavy atom. The summed E-state index contributed by atoms with van der Waals surface area (Å²) < 4.78 is 5.05. The minimum absolute atomic E-state index is 0.153. The molecular formula is C30H43NO8S. The van der Waals surface area contributed by atoms with Crippen molar-refractivity contribution in [2.75, 3.05) is 18.1 Å². The molecule has 3 rings (SSSR count). The van der Waals surface area contributed by atoms with E-state index in [0.29, 0.717) is 11.3 Å². The second-order valence-electron chi connectivity index (χ2n) is 10.5. The number of carbonyl (C=O) groups excluding carboxylic acids is 2. The van der Waals surface area contributed by atoms with Crippen molar-refractivity contribution in [2.24, 2.45) is 0 Å². The van der Waals surface area contributed by atoms with E-state index >= 15 is 0 Å². The van der Waals surface area contributed by atoms with Crippen LogP contribution in [-0.2, 0) is 22.4 Å². The fraction of sp³-hybridized carbons (Fsp3) is 0.600. The number of carbonyl (C=O) groups is 2. The molecule has 1 aromatic heterocycles. The van der Waals surface area contributed by atoms with Crippen molar-refractivity contribution in [1.29, 1.82) is 0 Å². The van der Waals surface area contributed by atoms with Crippen molar-refractivity contribution in [3.05, 3.63) is 51.7 Å². The van der Waals surface area contributed by atoms with Crippen LogP contribution >= 0.6 is 11.3 Å². The number of benzene rings is 1. The molecule has 5 N–H and O–H groups in total. The number of thiophene rings is 1. The van der Waals surface area contributed by atoms with Gasteiger partial charge in [0.1, 0.15) is 35.9 Å². The minimum Gasteiger partial charge on any atom is -0.459 e. The van der Waals surface area contributed by atoms with Crippen molar-refractivity contribution < 1.29 is 39.9 Å². The van der Waals surface area contributed by atoms with E-state index in [0.717, 1.165) is 42.7 Å². The Balaban J connectivity index is 1.45. The van der Waals surface area contributed by atoms with E-state index in [4.69, 9.17) is 9.84 Å². The topological polar surface area (TPSA) is 148 Å². The summed E-state index contributed by atoms with van der Waals surface area (Å²) in [5.74, 6) is -0.506. The van der Waals surface area contributed by atoms with Gasteiger partial charge in [-0.25, -0.2) is 4.79 Å². The molecule has 40 heavy (non-hydrogen) atoms. The molecule has 1 aliphatic rings. The Morgan fingerprint density at radius 3 is 2.40 bits per heavy atom. The Kier molecular flexibility index (Phi) is 13.0. The van der Waals surface area contributed by atoms with Crippen LogP contribution in [0.3, 0.4) is 0 Å². The van der Waals surface area contributed by atoms with Crippen molar-refractivity contribution in [2.45, 2.75) is 102 Å². The monoisotopic (exact) mass is 577 g/mol. The van der Waals surface area contributed by atoms with Crippen LogP contribution < -0.4 is 4.90 Å². The summed E-state index contributed by atoms with van der Waals surface area (Å²) in [6, 6.07) is 12.0. The molecule has 1 amide bonds. The average molecular weight is 578 g/mol. The molecule has 1 fully saturated rings. The van der Waals surface area contributed by atoms with Crippen LogP contribution in [0.15, 0.2) is 36.4 Å². The maximum absolute atomic E-state index is 12.7. The van der Waals surface area contributed by atoms with Gasteiger partial charge >= 0.3 is 5.97 Å². The lowest BCUT2D eigenvalue weighted by molar-refractivity contribution is -0.124. The summed E-state index contributed by atoms with van der Waals surface area (Å²) >= 11 is 1.29. The third-order valence-electron chi connectivity index (χ3n) is 7.39. The molecule has 1 saturated heterocycles. The number of hydrogen-bond donors (Lipinski definition) is 5. The SMILES string of the molecule is CCCCCCc1ccc(N2C(=O)CC[C@@H]2CCCc2ccc(C(=O)OC[C@H](O)[C@H](O)[C@@H](O)[C@@H](O)CO)s2)cc1. The summed E-state index contributed by atoms with van der Waals surface area (Å²) in [6.07, 6.45) is 3.01. The Hall–Kier alpha value is -2.34. The van der Waals surface area contributed by atoms with Crippen LogP contribution in [-0.4, -0.2) is 81.1 Å². The molecule has 1 aliphatic heterocycles. The molecule has 0 bridgehead atoms. The van der Waals surface area contributed by atoms with E-state index in [1.807, 2.05) is 11.0 Å². The van der Waals surface area contributed by atoms with E-state index in [1.54, 1.807) is 6.07 Å². The zero-order valence-corrected chi connectivity index (χ0v) is 24.0. The number of aliphatic hydroxyl groups is 5. The second kappa shape index (κ2) is 16.2.